The summed E-state index contributed by atoms with van der Waals surface area (Å²) in [6.45, 7) is 6.50. The quantitative estimate of drug-likeness (QED) is 0.556. The summed E-state index contributed by atoms with van der Waals surface area (Å²) >= 11 is 0. The lowest BCUT2D eigenvalue weighted by Crippen LogP contribution is -2.42. The molecule has 1 rings (SSSR count). The zero-order valence-electron chi connectivity index (χ0n) is 6.63. The average molecular weight is 168 g/mol. The first-order valence-electron chi connectivity index (χ1n) is 3.60. The predicted molar refractivity (Wildman–Crippen MR) is 46.4 cm³/mol. The summed E-state index contributed by atoms with van der Waals surface area (Å²) < 4.78 is 27.3. The van der Waals surface area contributed by atoms with E-state index in [-0.39, 0.29) is 0 Å². The van der Waals surface area contributed by atoms with Gasteiger partial charge in [0.25, 0.3) is 0 Å². The van der Waals surface area contributed by atoms with Crippen LogP contribution in [0.4, 0.5) is 8.78 Å². The fourth-order valence-corrected chi connectivity index (χ4v) is 1.10. The molecule has 0 aromatic rings. The van der Waals surface area contributed by atoms with Crippen LogP contribution in [0.15, 0.2) is 49.6 Å². The third kappa shape index (κ3) is 1.04. The van der Waals surface area contributed by atoms with Crippen LogP contribution >= 0.6 is 0 Å². The van der Waals surface area contributed by atoms with Crippen molar-refractivity contribution in [1.29, 1.82) is 0 Å². The van der Waals surface area contributed by atoms with E-state index in [4.69, 9.17) is 0 Å². The maximum Gasteiger partial charge on any atom is 0.188 e. The normalized spacial score (nSPS) is 39.5. The van der Waals surface area contributed by atoms with Gasteiger partial charge in [0, 0.05) is 0 Å². The molecule has 0 N–H and O–H groups in total. The minimum atomic E-state index is -2.16. The van der Waals surface area contributed by atoms with Gasteiger partial charge >= 0.3 is 0 Å². The standard InChI is InChI=1S/C10H10F2/c1-3-9(11)7-5-6-8-10(9,12)4-2/h3-8H,1-2H2. The first kappa shape index (κ1) is 8.91. The van der Waals surface area contributed by atoms with Gasteiger partial charge in [0.05, 0.1) is 0 Å². The number of rotatable bonds is 2. The maximum absolute atomic E-state index is 13.6. The molecular weight excluding hydrogens is 158 g/mol. The Morgan fingerprint density at radius 3 is 1.50 bits per heavy atom. The summed E-state index contributed by atoms with van der Waals surface area (Å²) in [7, 11) is 0. The van der Waals surface area contributed by atoms with Crippen molar-refractivity contribution in [1.82, 2.24) is 0 Å². The van der Waals surface area contributed by atoms with Crippen LogP contribution in [-0.4, -0.2) is 11.3 Å². The van der Waals surface area contributed by atoms with Crippen molar-refractivity contribution < 1.29 is 8.78 Å². The summed E-state index contributed by atoms with van der Waals surface area (Å²) in [6.07, 6.45) is 7.03. The Morgan fingerprint density at radius 2 is 1.25 bits per heavy atom. The van der Waals surface area contributed by atoms with E-state index in [1.807, 2.05) is 0 Å². The monoisotopic (exact) mass is 168 g/mol. The van der Waals surface area contributed by atoms with Gasteiger partial charge in [0.15, 0.2) is 11.3 Å². The molecule has 0 saturated carbocycles. The molecule has 2 unspecified atom stereocenters. The minimum Gasteiger partial charge on any atom is -0.230 e. The summed E-state index contributed by atoms with van der Waals surface area (Å²) in [5, 5.41) is 0. The number of allylic oxidation sites excluding steroid dienone is 6. The second-order valence-corrected chi connectivity index (χ2v) is 2.66. The first-order chi connectivity index (χ1) is 5.58. The fraction of sp³-hybridized carbons (Fsp3) is 0.200. The molecule has 0 heterocycles. The largest absolute Gasteiger partial charge is 0.230 e. The first-order valence-corrected chi connectivity index (χ1v) is 3.60. The molecule has 1 aliphatic rings. The van der Waals surface area contributed by atoms with Crippen molar-refractivity contribution in [3.05, 3.63) is 49.6 Å². The summed E-state index contributed by atoms with van der Waals surface area (Å²) in [5.41, 5.74) is -4.33. The second-order valence-electron chi connectivity index (χ2n) is 2.66. The molecule has 0 aliphatic heterocycles. The molecule has 0 amide bonds. The lowest BCUT2D eigenvalue weighted by atomic mass is 9.83. The molecule has 1 aliphatic carbocycles. The van der Waals surface area contributed by atoms with Crippen LogP contribution in [0, 0.1) is 0 Å². The van der Waals surface area contributed by atoms with E-state index in [0.717, 1.165) is 24.3 Å². The second kappa shape index (κ2) is 2.70. The van der Waals surface area contributed by atoms with Crippen molar-refractivity contribution >= 4 is 0 Å². The molecule has 0 spiro atoms. The highest BCUT2D eigenvalue weighted by Crippen LogP contribution is 2.37. The molecule has 0 bridgehead atoms. The van der Waals surface area contributed by atoms with Crippen LogP contribution in [-0.2, 0) is 0 Å². The number of alkyl halides is 2. The summed E-state index contributed by atoms with van der Waals surface area (Å²) in [6, 6.07) is 0. The summed E-state index contributed by atoms with van der Waals surface area (Å²) in [5.74, 6) is 0. The highest BCUT2D eigenvalue weighted by atomic mass is 19.2. The van der Waals surface area contributed by atoms with Gasteiger partial charge in [-0.2, -0.15) is 0 Å². The lowest BCUT2D eigenvalue weighted by molar-refractivity contribution is 0.110. The highest BCUT2D eigenvalue weighted by molar-refractivity contribution is 5.38. The van der Waals surface area contributed by atoms with Crippen molar-refractivity contribution in [3.63, 3.8) is 0 Å². The van der Waals surface area contributed by atoms with Crippen molar-refractivity contribution in [2.45, 2.75) is 11.3 Å². The number of hydrogen-bond donors (Lipinski definition) is 0. The molecule has 0 nitrogen and oxygen atoms in total. The van der Waals surface area contributed by atoms with Crippen LogP contribution in [0.1, 0.15) is 0 Å². The zero-order valence-corrected chi connectivity index (χ0v) is 6.63. The van der Waals surface area contributed by atoms with Crippen LogP contribution in [0.3, 0.4) is 0 Å². The Bertz CT molecular complexity index is 237. The highest BCUT2D eigenvalue weighted by Gasteiger charge is 2.46. The Hall–Kier alpha value is -1.18. The molecule has 0 fully saturated rings. The van der Waals surface area contributed by atoms with E-state index in [1.165, 1.54) is 12.2 Å². The predicted octanol–water partition coefficient (Wildman–Crippen LogP) is 2.90. The van der Waals surface area contributed by atoms with E-state index in [0.29, 0.717) is 0 Å². The number of hydrogen-bond acceptors (Lipinski definition) is 0. The molecule has 2 heteroatoms. The SMILES string of the molecule is C=CC1(F)C=CC=CC1(F)C=C. The number of halogens is 2. The van der Waals surface area contributed by atoms with E-state index in [1.54, 1.807) is 0 Å². The average Bonchev–Trinajstić information content (AvgIpc) is 2.10. The van der Waals surface area contributed by atoms with Gasteiger partial charge in [-0.1, -0.05) is 25.3 Å². The molecule has 0 saturated heterocycles. The molecular formula is C10H10F2. The minimum absolute atomic E-state index is 0.939. The maximum atomic E-state index is 13.6. The van der Waals surface area contributed by atoms with Crippen molar-refractivity contribution in [2.24, 2.45) is 0 Å². The van der Waals surface area contributed by atoms with E-state index in [2.05, 4.69) is 13.2 Å². The van der Waals surface area contributed by atoms with Crippen LogP contribution < -0.4 is 0 Å². The van der Waals surface area contributed by atoms with Gasteiger partial charge in [0.1, 0.15) is 0 Å². The van der Waals surface area contributed by atoms with Gasteiger partial charge in [-0.25, -0.2) is 8.78 Å². The van der Waals surface area contributed by atoms with Gasteiger partial charge < -0.3 is 0 Å². The molecule has 2 atom stereocenters. The van der Waals surface area contributed by atoms with Gasteiger partial charge in [-0.15, -0.1) is 0 Å². The third-order valence-electron chi connectivity index (χ3n) is 1.97. The Morgan fingerprint density at radius 1 is 0.917 bits per heavy atom. The summed E-state index contributed by atoms with van der Waals surface area (Å²) in [4.78, 5) is 0. The Labute approximate surface area is 70.6 Å². The van der Waals surface area contributed by atoms with Crippen LogP contribution in [0.2, 0.25) is 0 Å². The molecule has 0 radical (unpaired) electrons. The van der Waals surface area contributed by atoms with E-state index >= 15 is 0 Å². The zero-order chi connectivity index (χ0) is 9.24. The van der Waals surface area contributed by atoms with Crippen LogP contribution in [0.5, 0.6) is 0 Å². The van der Waals surface area contributed by atoms with Crippen molar-refractivity contribution in [2.75, 3.05) is 0 Å². The van der Waals surface area contributed by atoms with E-state index in [9.17, 15) is 8.78 Å². The fourth-order valence-electron chi connectivity index (χ4n) is 1.10. The molecule has 0 aromatic carbocycles. The van der Waals surface area contributed by atoms with Crippen LogP contribution in [0.25, 0.3) is 0 Å². The lowest BCUT2D eigenvalue weighted by Gasteiger charge is -2.31. The Balaban J connectivity index is 3.16. The van der Waals surface area contributed by atoms with Gasteiger partial charge in [0.2, 0.25) is 0 Å². The third-order valence-corrected chi connectivity index (χ3v) is 1.97. The topological polar surface area (TPSA) is 0 Å². The van der Waals surface area contributed by atoms with Gasteiger partial charge in [-0.05, 0) is 24.3 Å². The molecule has 0 aromatic heterocycles. The molecule has 64 valence electrons. The van der Waals surface area contributed by atoms with Crippen molar-refractivity contribution in [3.8, 4) is 0 Å². The van der Waals surface area contributed by atoms with E-state index < -0.39 is 11.3 Å². The smallest absolute Gasteiger partial charge is 0.188 e. The molecule has 12 heavy (non-hydrogen) atoms. The van der Waals surface area contributed by atoms with Gasteiger partial charge in [-0.3, -0.25) is 0 Å². The Kier molecular flexibility index (Phi) is 2.01.